The first-order chi connectivity index (χ1) is 13.4. The molecule has 2 amide bonds. The molecular formula is C21H23ClN2O4. The van der Waals surface area contributed by atoms with Crippen molar-refractivity contribution in [1.29, 1.82) is 0 Å². The first-order valence-corrected chi connectivity index (χ1v) is 9.28. The second-order valence-electron chi connectivity index (χ2n) is 6.57. The van der Waals surface area contributed by atoms with Crippen molar-refractivity contribution < 1.29 is 19.1 Å². The maximum atomic E-state index is 12.4. The molecule has 2 aromatic carbocycles. The number of hydrogen-bond acceptors (Lipinski definition) is 4. The molecule has 7 heteroatoms. The van der Waals surface area contributed by atoms with Crippen LogP contribution in [0.3, 0.4) is 0 Å². The highest BCUT2D eigenvalue weighted by Gasteiger charge is 2.25. The Morgan fingerprint density at radius 3 is 2.25 bits per heavy atom. The van der Waals surface area contributed by atoms with Gasteiger partial charge in [-0.1, -0.05) is 55.8 Å². The number of hydrogen-bond donors (Lipinski definition) is 2. The summed E-state index contributed by atoms with van der Waals surface area (Å²) in [7, 11) is 0. The molecule has 148 valence electrons. The van der Waals surface area contributed by atoms with Crippen LogP contribution in [0, 0.1) is 5.92 Å². The predicted octanol–water partition coefficient (Wildman–Crippen LogP) is 2.95. The number of carbonyl (C=O) groups excluding carboxylic acids is 3. The van der Waals surface area contributed by atoms with Crippen molar-refractivity contribution in [3.63, 3.8) is 0 Å². The minimum absolute atomic E-state index is 0.135. The van der Waals surface area contributed by atoms with E-state index in [4.69, 9.17) is 16.3 Å². The smallest absolute Gasteiger partial charge is 0.325 e. The molecule has 0 aliphatic heterocycles. The van der Waals surface area contributed by atoms with E-state index in [9.17, 15) is 14.4 Å². The van der Waals surface area contributed by atoms with Crippen molar-refractivity contribution in [2.75, 3.05) is 6.54 Å². The summed E-state index contributed by atoms with van der Waals surface area (Å²) in [6, 6.07) is 14.8. The molecule has 0 fully saturated rings. The van der Waals surface area contributed by atoms with Crippen LogP contribution in [0.1, 0.15) is 29.8 Å². The Balaban J connectivity index is 1.85. The van der Waals surface area contributed by atoms with Crippen molar-refractivity contribution in [3.8, 4) is 0 Å². The maximum absolute atomic E-state index is 12.4. The number of carbonyl (C=O) groups is 3. The molecule has 2 rings (SSSR count). The van der Waals surface area contributed by atoms with Gasteiger partial charge in [0.15, 0.2) is 0 Å². The molecular weight excluding hydrogens is 380 g/mol. The molecule has 28 heavy (non-hydrogen) atoms. The SMILES string of the molecule is CC(C)[C@H](NC(=O)c1ccc(Cl)cc1)C(=O)NCC(=O)OCc1ccccc1. The van der Waals surface area contributed by atoms with E-state index in [1.165, 1.54) is 0 Å². The summed E-state index contributed by atoms with van der Waals surface area (Å²) >= 11 is 5.82. The molecule has 0 aromatic heterocycles. The van der Waals surface area contributed by atoms with E-state index in [-0.39, 0.29) is 19.1 Å². The Bertz CT molecular complexity index is 807. The molecule has 0 saturated carbocycles. The summed E-state index contributed by atoms with van der Waals surface area (Å²) in [4.78, 5) is 36.6. The first-order valence-electron chi connectivity index (χ1n) is 8.90. The lowest BCUT2D eigenvalue weighted by atomic mass is 10.0. The Morgan fingerprint density at radius 1 is 1.00 bits per heavy atom. The van der Waals surface area contributed by atoms with E-state index in [0.717, 1.165) is 5.56 Å². The zero-order valence-corrected chi connectivity index (χ0v) is 16.5. The van der Waals surface area contributed by atoms with Crippen LogP contribution in [0.4, 0.5) is 0 Å². The summed E-state index contributed by atoms with van der Waals surface area (Å²) in [5.41, 5.74) is 1.25. The number of benzene rings is 2. The molecule has 0 unspecified atom stereocenters. The number of ether oxygens (including phenoxy) is 1. The zero-order valence-electron chi connectivity index (χ0n) is 15.8. The average molecular weight is 403 g/mol. The van der Waals surface area contributed by atoms with Crippen molar-refractivity contribution in [1.82, 2.24) is 10.6 Å². The largest absolute Gasteiger partial charge is 0.460 e. The van der Waals surface area contributed by atoms with Crippen LogP contribution in [0.15, 0.2) is 54.6 Å². The van der Waals surface area contributed by atoms with E-state index in [1.807, 2.05) is 30.3 Å². The minimum Gasteiger partial charge on any atom is -0.460 e. The number of amides is 2. The van der Waals surface area contributed by atoms with Gasteiger partial charge in [0.05, 0.1) is 0 Å². The fourth-order valence-electron chi connectivity index (χ4n) is 2.42. The zero-order chi connectivity index (χ0) is 20.5. The molecule has 0 aliphatic rings. The van der Waals surface area contributed by atoms with Gasteiger partial charge in [-0.05, 0) is 35.7 Å². The second kappa shape index (κ2) is 10.5. The summed E-state index contributed by atoms with van der Waals surface area (Å²) in [5.74, 6) is -1.56. The molecule has 1 atom stereocenters. The van der Waals surface area contributed by atoms with Gasteiger partial charge in [0, 0.05) is 10.6 Å². The van der Waals surface area contributed by atoms with Crippen molar-refractivity contribution in [2.45, 2.75) is 26.5 Å². The highest BCUT2D eigenvalue weighted by molar-refractivity contribution is 6.30. The van der Waals surface area contributed by atoms with Gasteiger partial charge in [0.2, 0.25) is 5.91 Å². The van der Waals surface area contributed by atoms with Crippen LogP contribution < -0.4 is 10.6 Å². The molecule has 0 bridgehead atoms. The predicted molar refractivity (Wildman–Crippen MR) is 107 cm³/mol. The third kappa shape index (κ3) is 6.70. The minimum atomic E-state index is -0.787. The van der Waals surface area contributed by atoms with Gasteiger partial charge in [-0.25, -0.2) is 0 Å². The van der Waals surface area contributed by atoms with Gasteiger partial charge < -0.3 is 15.4 Å². The summed E-state index contributed by atoms with van der Waals surface area (Å²) < 4.78 is 5.13. The summed E-state index contributed by atoms with van der Waals surface area (Å²) in [6.45, 7) is 3.47. The van der Waals surface area contributed by atoms with Gasteiger partial charge in [-0.2, -0.15) is 0 Å². The summed E-state index contributed by atoms with van der Waals surface area (Å²) in [5, 5.41) is 5.72. The lowest BCUT2D eigenvalue weighted by Gasteiger charge is -2.21. The monoisotopic (exact) mass is 402 g/mol. The summed E-state index contributed by atoms with van der Waals surface area (Å²) in [6.07, 6.45) is 0. The van der Waals surface area contributed by atoms with Crippen LogP contribution >= 0.6 is 11.6 Å². The van der Waals surface area contributed by atoms with Crippen LogP contribution in [0.5, 0.6) is 0 Å². The van der Waals surface area contributed by atoms with Gasteiger partial charge in [-0.15, -0.1) is 0 Å². The quantitative estimate of drug-likeness (QED) is 0.665. The average Bonchev–Trinajstić information content (AvgIpc) is 2.69. The highest BCUT2D eigenvalue weighted by Crippen LogP contribution is 2.10. The van der Waals surface area contributed by atoms with E-state index in [2.05, 4.69) is 10.6 Å². The first kappa shape index (κ1) is 21.4. The van der Waals surface area contributed by atoms with Crippen LogP contribution in [0.2, 0.25) is 5.02 Å². The number of halogens is 1. The molecule has 2 N–H and O–H groups in total. The van der Waals surface area contributed by atoms with Crippen molar-refractivity contribution in [3.05, 3.63) is 70.7 Å². The normalized spacial score (nSPS) is 11.6. The van der Waals surface area contributed by atoms with Crippen LogP contribution in [0.25, 0.3) is 0 Å². The van der Waals surface area contributed by atoms with Crippen LogP contribution in [-0.4, -0.2) is 30.4 Å². The van der Waals surface area contributed by atoms with Crippen molar-refractivity contribution in [2.24, 2.45) is 5.92 Å². The molecule has 0 aliphatic carbocycles. The van der Waals surface area contributed by atoms with E-state index < -0.39 is 23.8 Å². The maximum Gasteiger partial charge on any atom is 0.325 e. The highest BCUT2D eigenvalue weighted by atomic mass is 35.5. The van der Waals surface area contributed by atoms with E-state index >= 15 is 0 Å². The topological polar surface area (TPSA) is 84.5 Å². The Kier molecular flexibility index (Phi) is 8.02. The fraction of sp³-hybridized carbons (Fsp3) is 0.286. The van der Waals surface area contributed by atoms with Crippen molar-refractivity contribution >= 4 is 29.4 Å². The van der Waals surface area contributed by atoms with Gasteiger partial charge in [0.1, 0.15) is 19.2 Å². The molecule has 6 nitrogen and oxygen atoms in total. The Morgan fingerprint density at radius 2 is 1.64 bits per heavy atom. The number of esters is 1. The van der Waals surface area contributed by atoms with E-state index in [1.54, 1.807) is 38.1 Å². The Labute approximate surface area is 169 Å². The molecule has 2 aromatic rings. The van der Waals surface area contributed by atoms with Gasteiger partial charge >= 0.3 is 5.97 Å². The van der Waals surface area contributed by atoms with Gasteiger partial charge in [-0.3, -0.25) is 14.4 Å². The van der Waals surface area contributed by atoms with Gasteiger partial charge in [0.25, 0.3) is 5.91 Å². The molecule has 0 heterocycles. The third-order valence-corrected chi connectivity index (χ3v) is 4.24. The number of nitrogens with one attached hydrogen (secondary N) is 2. The molecule has 0 spiro atoms. The van der Waals surface area contributed by atoms with Crippen LogP contribution in [-0.2, 0) is 20.9 Å². The molecule has 0 radical (unpaired) electrons. The fourth-order valence-corrected chi connectivity index (χ4v) is 2.55. The van der Waals surface area contributed by atoms with E-state index in [0.29, 0.717) is 10.6 Å². The lowest BCUT2D eigenvalue weighted by Crippen LogP contribution is -2.50. The second-order valence-corrected chi connectivity index (χ2v) is 7.00. The Hall–Kier alpha value is -2.86. The standard InChI is InChI=1S/C21H23ClN2O4/c1-14(2)19(24-20(26)16-8-10-17(22)11-9-16)21(27)23-12-18(25)28-13-15-6-4-3-5-7-15/h3-11,14,19H,12-13H2,1-2H3,(H,23,27)(H,24,26)/t19-/m0/s1. The number of rotatable bonds is 8. The third-order valence-electron chi connectivity index (χ3n) is 3.99. The molecule has 0 saturated heterocycles. The lowest BCUT2D eigenvalue weighted by molar-refractivity contribution is -0.145.